The van der Waals surface area contributed by atoms with E-state index in [9.17, 15) is 9.18 Å². The molecule has 0 aliphatic carbocycles. The summed E-state index contributed by atoms with van der Waals surface area (Å²) < 4.78 is 20.8. The van der Waals surface area contributed by atoms with E-state index in [-0.39, 0.29) is 25.0 Å². The van der Waals surface area contributed by atoms with Crippen molar-refractivity contribution in [3.05, 3.63) is 69.5 Å². The monoisotopic (exact) mass is 425 g/mol. The molecular formula is C21H22Cl2FNO3. The lowest BCUT2D eigenvalue weighted by Crippen LogP contribution is -2.51. The third-order valence-electron chi connectivity index (χ3n) is 4.93. The predicted molar refractivity (Wildman–Crippen MR) is 107 cm³/mol. The first-order valence-corrected chi connectivity index (χ1v) is 9.83. The molecule has 0 bridgehead atoms. The van der Waals surface area contributed by atoms with Gasteiger partial charge in [0.1, 0.15) is 5.82 Å². The van der Waals surface area contributed by atoms with Crippen LogP contribution in [0.1, 0.15) is 49.5 Å². The average molecular weight is 426 g/mol. The van der Waals surface area contributed by atoms with Crippen LogP contribution in [0.2, 0.25) is 10.0 Å². The Morgan fingerprint density at radius 3 is 2.46 bits per heavy atom. The van der Waals surface area contributed by atoms with E-state index in [1.165, 1.54) is 6.07 Å². The van der Waals surface area contributed by atoms with Crippen molar-refractivity contribution >= 4 is 29.1 Å². The smallest absolute Gasteiger partial charge is 0.222 e. The number of benzene rings is 2. The summed E-state index contributed by atoms with van der Waals surface area (Å²) >= 11 is 11.9. The summed E-state index contributed by atoms with van der Waals surface area (Å²) in [5, 5.41) is 12.9. The van der Waals surface area contributed by atoms with Crippen LogP contribution in [-0.4, -0.2) is 23.2 Å². The highest BCUT2D eigenvalue weighted by molar-refractivity contribution is 6.30. The Morgan fingerprint density at radius 1 is 1.18 bits per heavy atom. The summed E-state index contributed by atoms with van der Waals surface area (Å²) in [7, 11) is 0. The highest BCUT2D eigenvalue weighted by Gasteiger charge is 2.41. The van der Waals surface area contributed by atoms with Gasteiger partial charge in [0.05, 0.1) is 18.8 Å². The van der Waals surface area contributed by atoms with Crippen molar-refractivity contribution in [2.75, 3.05) is 6.61 Å². The maximum absolute atomic E-state index is 14.6. The number of aliphatic hydroxyl groups excluding tert-OH is 1. The number of amides is 1. The quantitative estimate of drug-likeness (QED) is 0.709. The molecule has 0 saturated carbocycles. The third-order valence-corrected chi connectivity index (χ3v) is 5.42. The molecule has 2 aromatic carbocycles. The largest absolute Gasteiger partial charge is 0.396 e. The normalized spacial score (nSPS) is 24.8. The molecule has 1 aliphatic rings. The van der Waals surface area contributed by atoms with Crippen LogP contribution in [0.3, 0.4) is 0 Å². The zero-order valence-corrected chi connectivity index (χ0v) is 16.9. The Bertz CT molecular complexity index is 846. The Kier molecular flexibility index (Phi) is 6.61. The number of carbonyl (C=O) groups excluding carboxylic acids is 1. The summed E-state index contributed by atoms with van der Waals surface area (Å²) in [5.41, 5.74) is 0.655. The van der Waals surface area contributed by atoms with Gasteiger partial charge in [-0.25, -0.2) is 4.39 Å². The highest BCUT2D eigenvalue weighted by Crippen LogP contribution is 2.44. The highest BCUT2D eigenvalue weighted by atomic mass is 35.5. The van der Waals surface area contributed by atoms with Crippen LogP contribution in [0.25, 0.3) is 0 Å². The number of hydrogen-bond acceptors (Lipinski definition) is 3. The van der Waals surface area contributed by atoms with Crippen molar-refractivity contribution < 1.29 is 19.0 Å². The lowest BCUT2D eigenvalue weighted by molar-refractivity contribution is -0.129. The first kappa shape index (κ1) is 21.1. The zero-order valence-electron chi connectivity index (χ0n) is 15.4. The van der Waals surface area contributed by atoms with E-state index in [1.54, 1.807) is 24.3 Å². The van der Waals surface area contributed by atoms with Gasteiger partial charge in [-0.2, -0.15) is 0 Å². The summed E-state index contributed by atoms with van der Waals surface area (Å²) in [6, 6.07) is 11.8. The Labute approximate surface area is 173 Å². The number of halogens is 3. The molecular weight excluding hydrogens is 404 g/mol. The molecule has 0 aromatic heterocycles. The summed E-state index contributed by atoms with van der Waals surface area (Å²) in [6.07, 6.45) is 0.00319. The van der Waals surface area contributed by atoms with Crippen molar-refractivity contribution in [2.24, 2.45) is 0 Å². The second-order valence-corrected chi connectivity index (χ2v) is 8.19. The summed E-state index contributed by atoms with van der Waals surface area (Å²) in [4.78, 5) is 12.1. The van der Waals surface area contributed by atoms with Crippen molar-refractivity contribution in [3.63, 3.8) is 0 Å². The predicted octanol–water partition coefficient (Wildman–Crippen LogP) is 4.98. The van der Waals surface area contributed by atoms with Crippen molar-refractivity contribution in [1.82, 2.24) is 5.32 Å². The average Bonchev–Trinajstić information content (AvgIpc) is 2.61. The van der Waals surface area contributed by atoms with E-state index >= 15 is 0 Å². The second kappa shape index (κ2) is 8.78. The topological polar surface area (TPSA) is 58.6 Å². The lowest BCUT2D eigenvalue weighted by atomic mass is 9.81. The SMILES string of the molecule is C[C@]1(NC(=O)CCO)C[C@@H](c2ccc(Cl)cc2)O[C@@H](c2ccc(Cl)cc2F)C1. The maximum atomic E-state index is 14.6. The van der Waals surface area contributed by atoms with Gasteiger partial charge in [-0.1, -0.05) is 41.4 Å². The molecule has 1 amide bonds. The first-order chi connectivity index (χ1) is 13.3. The van der Waals surface area contributed by atoms with Gasteiger partial charge < -0.3 is 15.2 Å². The second-order valence-electron chi connectivity index (χ2n) is 7.32. The van der Waals surface area contributed by atoms with E-state index < -0.39 is 17.5 Å². The standard InChI is InChI=1S/C21H22Cl2FNO3/c1-21(25-20(27)8-9-26)11-18(13-2-4-14(22)5-3-13)28-19(12-21)16-7-6-15(23)10-17(16)24/h2-7,10,18-19,26H,8-9,11-12H2,1H3,(H,25,27)/t18-,19+,21-/m0/s1. The molecule has 0 spiro atoms. The van der Waals surface area contributed by atoms with E-state index in [1.807, 2.05) is 19.1 Å². The molecule has 28 heavy (non-hydrogen) atoms. The molecule has 3 atom stereocenters. The van der Waals surface area contributed by atoms with Crippen molar-refractivity contribution in [2.45, 2.75) is 43.9 Å². The molecule has 1 aliphatic heterocycles. The van der Waals surface area contributed by atoms with Crippen LogP contribution >= 0.6 is 23.2 Å². The fourth-order valence-electron chi connectivity index (χ4n) is 3.62. The number of carbonyl (C=O) groups is 1. The van der Waals surface area contributed by atoms with Gasteiger partial charge in [0.25, 0.3) is 0 Å². The maximum Gasteiger partial charge on any atom is 0.222 e. The number of rotatable bonds is 5. The molecule has 0 radical (unpaired) electrons. The van der Waals surface area contributed by atoms with Crippen LogP contribution in [0.4, 0.5) is 4.39 Å². The van der Waals surface area contributed by atoms with E-state index in [4.69, 9.17) is 33.0 Å². The van der Waals surface area contributed by atoms with Crippen LogP contribution in [0.15, 0.2) is 42.5 Å². The number of ether oxygens (including phenoxy) is 1. The molecule has 1 heterocycles. The van der Waals surface area contributed by atoms with Gasteiger partial charge in [-0.3, -0.25) is 4.79 Å². The van der Waals surface area contributed by atoms with Crippen molar-refractivity contribution in [1.29, 1.82) is 0 Å². The molecule has 7 heteroatoms. The zero-order chi connectivity index (χ0) is 20.3. The Morgan fingerprint density at radius 2 is 1.82 bits per heavy atom. The lowest BCUT2D eigenvalue weighted by Gasteiger charge is -2.43. The minimum Gasteiger partial charge on any atom is -0.396 e. The minimum absolute atomic E-state index is 0.0159. The van der Waals surface area contributed by atoms with Crippen molar-refractivity contribution in [3.8, 4) is 0 Å². The molecule has 150 valence electrons. The van der Waals surface area contributed by atoms with Gasteiger partial charge in [0.2, 0.25) is 5.91 Å². The van der Waals surface area contributed by atoms with Gasteiger partial charge in [-0.15, -0.1) is 0 Å². The molecule has 2 aromatic rings. The van der Waals surface area contributed by atoms with E-state index in [0.717, 1.165) is 5.56 Å². The number of nitrogens with one attached hydrogen (secondary N) is 1. The third kappa shape index (κ3) is 5.03. The van der Waals surface area contributed by atoms with Gasteiger partial charge >= 0.3 is 0 Å². The fraction of sp³-hybridized carbons (Fsp3) is 0.381. The summed E-state index contributed by atoms with van der Waals surface area (Å²) in [6.45, 7) is 1.68. The van der Waals surface area contributed by atoms with Crippen LogP contribution < -0.4 is 5.32 Å². The Balaban J connectivity index is 1.93. The molecule has 1 saturated heterocycles. The van der Waals surface area contributed by atoms with Gasteiger partial charge in [-0.05, 0) is 36.8 Å². The number of aliphatic hydroxyl groups is 1. The molecule has 3 rings (SSSR count). The molecule has 0 unspecified atom stereocenters. The van der Waals surface area contributed by atoms with Crippen LogP contribution in [0, 0.1) is 5.82 Å². The van der Waals surface area contributed by atoms with Crippen LogP contribution in [-0.2, 0) is 9.53 Å². The minimum atomic E-state index is -0.633. The Hall–Kier alpha value is -1.66. The molecule has 1 fully saturated rings. The molecule has 2 N–H and O–H groups in total. The summed E-state index contributed by atoms with van der Waals surface area (Å²) in [5.74, 6) is -0.699. The number of hydrogen-bond donors (Lipinski definition) is 2. The van der Waals surface area contributed by atoms with Gasteiger partial charge in [0.15, 0.2) is 0 Å². The molecule has 4 nitrogen and oxygen atoms in total. The van der Waals surface area contributed by atoms with Crippen LogP contribution in [0.5, 0.6) is 0 Å². The first-order valence-electron chi connectivity index (χ1n) is 9.07. The van der Waals surface area contributed by atoms with Gasteiger partial charge in [0, 0.05) is 40.4 Å². The van der Waals surface area contributed by atoms with E-state index in [0.29, 0.717) is 28.5 Å². The fourth-order valence-corrected chi connectivity index (χ4v) is 3.90. The van der Waals surface area contributed by atoms with E-state index in [2.05, 4.69) is 5.32 Å².